The summed E-state index contributed by atoms with van der Waals surface area (Å²) in [6.07, 6.45) is 0. The van der Waals surface area contributed by atoms with Crippen LogP contribution in [0, 0.1) is 0 Å². The summed E-state index contributed by atoms with van der Waals surface area (Å²) in [7, 11) is 1.62. The van der Waals surface area contributed by atoms with Gasteiger partial charge in [0.05, 0.1) is 18.9 Å². The first kappa shape index (κ1) is 18.5. The Morgan fingerprint density at radius 1 is 1.12 bits per heavy atom. The van der Waals surface area contributed by atoms with Crippen molar-refractivity contribution in [1.82, 2.24) is 5.32 Å². The fraction of sp³-hybridized carbons (Fsp3) is 0.278. The molecule has 0 saturated carbocycles. The first-order valence-corrected chi connectivity index (χ1v) is 8.88. The van der Waals surface area contributed by atoms with Gasteiger partial charge in [-0.1, -0.05) is 11.6 Å². The fourth-order valence-electron chi connectivity index (χ4n) is 1.93. The molecule has 0 heterocycles. The predicted molar refractivity (Wildman–Crippen MR) is 98.3 cm³/mol. The Labute approximate surface area is 151 Å². The molecule has 2 rings (SSSR count). The minimum absolute atomic E-state index is 0.0271. The van der Waals surface area contributed by atoms with Gasteiger partial charge in [0.15, 0.2) is 0 Å². The van der Waals surface area contributed by atoms with E-state index < -0.39 is 0 Å². The van der Waals surface area contributed by atoms with Crippen LogP contribution in [0.3, 0.4) is 0 Å². The maximum absolute atomic E-state index is 12.0. The molecule has 0 radical (unpaired) electrons. The Kier molecular flexibility index (Phi) is 7.28. The van der Waals surface area contributed by atoms with Crippen LogP contribution in [0.1, 0.15) is 6.92 Å². The number of methoxy groups -OCH3 is 1. The van der Waals surface area contributed by atoms with E-state index in [-0.39, 0.29) is 11.9 Å². The second-order valence-electron chi connectivity index (χ2n) is 5.20. The van der Waals surface area contributed by atoms with E-state index >= 15 is 0 Å². The van der Waals surface area contributed by atoms with Crippen molar-refractivity contribution < 1.29 is 14.3 Å². The van der Waals surface area contributed by atoms with Crippen molar-refractivity contribution in [1.29, 1.82) is 0 Å². The van der Waals surface area contributed by atoms with Crippen LogP contribution >= 0.6 is 23.4 Å². The Bertz CT molecular complexity index is 646. The number of carbonyl (C=O) groups excluding carboxylic acids is 1. The minimum atomic E-state index is -0.0783. The molecular formula is C18H20ClNO3S. The molecule has 6 heteroatoms. The zero-order valence-corrected chi connectivity index (χ0v) is 15.2. The van der Waals surface area contributed by atoms with E-state index in [0.717, 1.165) is 16.4 Å². The lowest BCUT2D eigenvalue weighted by atomic mass is 10.3. The Morgan fingerprint density at radius 3 is 2.38 bits per heavy atom. The lowest BCUT2D eigenvalue weighted by molar-refractivity contribution is -0.119. The molecule has 0 fully saturated rings. The van der Waals surface area contributed by atoms with E-state index in [2.05, 4.69) is 5.32 Å². The lowest BCUT2D eigenvalue weighted by Gasteiger charge is -2.15. The second-order valence-corrected chi connectivity index (χ2v) is 6.68. The smallest absolute Gasteiger partial charge is 0.230 e. The second kappa shape index (κ2) is 9.45. The molecule has 0 spiro atoms. The third-order valence-corrected chi connectivity index (χ3v) is 4.41. The van der Waals surface area contributed by atoms with Crippen LogP contribution in [0.5, 0.6) is 11.5 Å². The number of rotatable bonds is 8. The number of ether oxygens (including phenoxy) is 2. The third-order valence-electron chi connectivity index (χ3n) is 3.15. The number of amides is 1. The highest BCUT2D eigenvalue weighted by atomic mass is 35.5. The van der Waals surface area contributed by atoms with Crippen molar-refractivity contribution in [2.24, 2.45) is 0 Å². The van der Waals surface area contributed by atoms with Crippen molar-refractivity contribution in [3.63, 3.8) is 0 Å². The summed E-state index contributed by atoms with van der Waals surface area (Å²) in [6, 6.07) is 14.7. The number of thioether (sulfide) groups is 1. The van der Waals surface area contributed by atoms with Gasteiger partial charge >= 0.3 is 0 Å². The van der Waals surface area contributed by atoms with Crippen LogP contribution in [0.2, 0.25) is 5.02 Å². The van der Waals surface area contributed by atoms with Crippen LogP contribution in [0.15, 0.2) is 53.4 Å². The molecule has 24 heavy (non-hydrogen) atoms. The quantitative estimate of drug-likeness (QED) is 0.717. The van der Waals surface area contributed by atoms with Gasteiger partial charge in [-0.2, -0.15) is 0 Å². The van der Waals surface area contributed by atoms with E-state index in [1.54, 1.807) is 7.11 Å². The van der Waals surface area contributed by atoms with Gasteiger partial charge in [-0.3, -0.25) is 4.79 Å². The molecule has 1 amide bonds. The normalized spacial score (nSPS) is 11.6. The zero-order valence-electron chi connectivity index (χ0n) is 13.6. The number of halogens is 1. The van der Waals surface area contributed by atoms with Gasteiger partial charge in [-0.05, 0) is 55.5 Å². The summed E-state index contributed by atoms with van der Waals surface area (Å²) < 4.78 is 10.7. The zero-order chi connectivity index (χ0) is 17.4. The summed E-state index contributed by atoms with van der Waals surface area (Å²) in [5, 5.41) is 3.61. The van der Waals surface area contributed by atoms with E-state index in [9.17, 15) is 4.79 Å². The monoisotopic (exact) mass is 365 g/mol. The molecule has 128 valence electrons. The molecular weight excluding hydrogens is 346 g/mol. The van der Waals surface area contributed by atoms with Crippen LogP contribution in [0.25, 0.3) is 0 Å². The van der Waals surface area contributed by atoms with Crippen LogP contribution < -0.4 is 14.8 Å². The van der Waals surface area contributed by atoms with Crippen LogP contribution in [0.4, 0.5) is 0 Å². The van der Waals surface area contributed by atoms with Gasteiger partial charge in [-0.15, -0.1) is 11.8 Å². The Morgan fingerprint density at radius 2 is 1.75 bits per heavy atom. The highest BCUT2D eigenvalue weighted by Gasteiger charge is 2.09. The van der Waals surface area contributed by atoms with Crippen molar-refractivity contribution in [3.8, 4) is 11.5 Å². The molecule has 2 aromatic carbocycles. The first-order chi connectivity index (χ1) is 11.6. The molecule has 0 saturated heterocycles. The molecule has 4 nitrogen and oxygen atoms in total. The van der Waals surface area contributed by atoms with Crippen molar-refractivity contribution >= 4 is 29.3 Å². The summed E-state index contributed by atoms with van der Waals surface area (Å²) in [5.41, 5.74) is 0. The number of nitrogens with one attached hydrogen (secondary N) is 1. The van der Waals surface area contributed by atoms with E-state index in [1.165, 1.54) is 11.8 Å². The first-order valence-electron chi connectivity index (χ1n) is 7.51. The van der Waals surface area contributed by atoms with Gasteiger partial charge in [0.25, 0.3) is 0 Å². The van der Waals surface area contributed by atoms with Crippen LogP contribution in [-0.4, -0.2) is 31.4 Å². The van der Waals surface area contributed by atoms with Crippen molar-refractivity contribution in [3.05, 3.63) is 53.6 Å². The minimum Gasteiger partial charge on any atom is -0.497 e. The Balaban J connectivity index is 1.69. The summed E-state index contributed by atoms with van der Waals surface area (Å²) in [6.45, 7) is 2.32. The van der Waals surface area contributed by atoms with E-state index in [1.807, 2.05) is 55.5 Å². The fourth-order valence-corrected chi connectivity index (χ4v) is 2.77. The third kappa shape index (κ3) is 6.34. The van der Waals surface area contributed by atoms with Gasteiger partial charge in [-0.25, -0.2) is 0 Å². The standard InChI is InChI=1S/C18H20ClNO3S/c1-13(11-23-16-7-5-15(22-2)6-8-16)20-18(21)12-24-17-9-3-14(19)4-10-17/h3-10,13H,11-12H2,1-2H3,(H,20,21)/t13-/m0/s1. The topological polar surface area (TPSA) is 47.6 Å². The largest absolute Gasteiger partial charge is 0.497 e. The van der Waals surface area contributed by atoms with E-state index in [4.69, 9.17) is 21.1 Å². The van der Waals surface area contributed by atoms with Crippen molar-refractivity contribution in [2.45, 2.75) is 17.9 Å². The summed E-state index contributed by atoms with van der Waals surface area (Å²) in [4.78, 5) is 13.0. The Hall–Kier alpha value is -1.85. The molecule has 0 unspecified atom stereocenters. The maximum Gasteiger partial charge on any atom is 0.230 e. The molecule has 1 N–H and O–H groups in total. The number of benzene rings is 2. The maximum atomic E-state index is 12.0. The molecule has 0 aliphatic rings. The average Bonchev–Trinajstić information content (AvgIpc) is 2.60. The van der Waals surface area contributed by atoms with Gasteiger partial charge in [0.1, 0.15) is 18.1 Å². The lowest BCUT2D eigenvalue weighted by Crippen LogP contribution is -2.37. The molecule has 0 aromatic heterocycles. The molecule has 0 aliphatic heterocycles. The van der Waals surface area contributed by atoms with Crippen molar-refractivity contribution in [2.75, 3.05) is 19.5 Å². The SMILES string of the molecule is COc1ccc(OC[C@H](C)NC(=O)CSc2ccc(Cl)cc2)cc1. The van der Waals surface area contributed by atoms with Crippen LogP contribution in [-0.2, 0) is 4.79 Å². The highest BCUT2D eigenvalue weighted by molar-refractivity contribution is 8.00. The van der Waals surface area contributed by atoms with E-state index in [0.29, 0.717) is 17.4 Å². The molecule has 0 aliphatic carbocycles. The van der Waals surface area contributed by atoms with Gasteiger partial charge < -0.3 is 14.8 Å². The molecule has 0 bridgehead atoms. The predicted octanol–water partition coefficient (Wildman–Crippen LogP) is 4.02. The summed E-state index contributed by atoms with van der Waals surface area (Å²) in [5.74, 6) is 1.85. The average molecular weight is 366 g/mol. The van der Waals surface area contributed by atoms with Gasteiger partial charge in [0, 0.05) is 9.92 Å². The number of hydrogen-bond acceptors (Lipinski definition) is 4. The molecule has 2 aromatic rings. The number of carbonyl (C=O) groups is 1. The summed E-state index contributed by atoms with van der Waals surface area (Å²) >= 11 is 7.31. The molecule has 1 atom stereocenters. The van der Waals surface area contributed by atoms with Gasteiger partial charge in [0.2, 0.25) is 5.91 Å². The highest BCUT2D eigenvalue weighted by Crippen LogP contribution is 2.20. The number of hydrogen-bond donors (Lipinski definition) is 1.